The molecule has 0 amide bonds. The van der Waals surface area contributed by atoms with Gasteiger partial charge in [-0.05, 0) is 76.2 Å². The zero-order valence-corrected chi connectivity index (χ0v) is 20.3. The number of rotatable bonds is 2. The molecule has 3 rings (SSSR count). The number of nitrogens with zero attached hydrogens (tertiary/aromatic N) is 2. The topological polar surface area (TPSA) is 23.6 Å². The van der Waals surface area contributed by atoms with Gasteiger partial charge in [-0.2, -0.15) is 0 Å². The molecular weight excluding hydrogens is 457 g/mol. The summed E-state index contributed by atoms with van der Waals surface area (Å²) in [6, 6.07) is 8.98. The maximum atomic E-state index is 7.75. The van der Waals surface area contributed by atoms with Crippen LogP contribution in [0.5, 0.6) is 0 Å². The van der Waals surface area contributed by atoms with Crippen LogP contribution in [0.3, 0.4) is 0 Å². The van der Waals surface area contributed by atoms with Crippen molar-refractivity contribution in [2.24, 2.45) is 0 Å². The zero-order valence-electron chi connectivity index (χ0n) is 17.7. The van der Waals surface area contributed by atoms with Crippen LogP contribution < -0.4 is 9.80 Å². The third kappa shape index (κ3) is 5.93. The molecule has 0 radical (unpaired) electrons. The van der Waals surface area contributed by atoms with Crippen LogP contribution in [0, 0.1) is 55.6 Å². The monoisotopic (exact) mass is 487 g/mol. The Bertz CT molecular complexity index is 709. The summed E-state index contributed by atoms with van der Waals surface area (Å²) in [7, 11) is 4.61. The summed E-state index contributed by atoms with van der Waals surface area (Å²) in [6.07, 6.45) is 4.28. The molecule has 2 aromatic rings. The van der Waals surface area contributed by atoms with Crippen molar-refractivity contribution in [3.8, 4) is 0 Å². The van der Waals surface area contributed by atoms with E-state index < -0.39 is 0 Å². The SMILES string of the molecule is Cc1cc(C)c(N2C=CN(c3c(C)cc(C)cc3C)[CH-]2)c(C)c1.[CH-]=O.[CH3-].[Cl][RuH]. The predicted molar refractivity (Wildman–Crippen MR) is 120 cm³/mol. The molecule has 2 aromatic carbocycles. The van der Waals surface area contributed by atoms with Crippen LogP contribution >= 0.6 is 9.69 Å². The van der Waals surface area contributed by atoms with Crippen molar-refractivity contribution in [3.63, 3.8) is 0 Å². The van der Waals surface area contributed by atoms with E-state index in [2.05, 4.69) is 111 Å². The molecule has 0 unspecified atom stereocenters. The number of hydrogen-bond acceptors (Lipinski definition) is 3. The van der Waals surface area contributed by atoms with Crippen molar-refractivity contribution in [2.75, 3.05) is 9.80 Å². The Labute approximate surface area is 185 Å². The molecule has 156 valence electrons. The minimum atomic E-state index is 0. The number of aryl methyl sites for hydroxylation is 6. The van der Waals surface area contributed by atoms with E-state index in [-0.39, 0.29) is 7.43 Å². The molecule has 3 nitrogen and oxygen atoms in total. The summed E-state index contributed by atoms with van der Waals surface area (Å²) in [5, 5.41) is 0. The van der Waals surface area contributed by atoms with Crippen LogP contribution in [0.2, 0.25) is 0 Å². The van der Waals surface area contributed by atoms with E-state index >= 15 is 0 Å². The normalized spacial score (nSPS) is 11.9. The van der Waals surface area contributed by atoms with Gasteiger partial charge < -0.3 is 22.0 Å². The van der Waals surface area contributed by atoms with Crippen molar-refractivity contribution in [1.29, 1.82) is 0 Å². The van der Waals surface area contributed by atoms with Gasteiger partial charge in [-0.15, -0.1) is 6.67 Å². The quantitative estimate of drug-likeness (QED) is 0.293. The van der Waals surface area contributed by atoms with Gasteiger partial charge in [0.1, 0.15) is 0 Å². The summed E-state index contributed by atoms with van der Waals surface area (Å²) < 4.78 is 0. The Morgan fingerprint density at radius 1 is 0.714 bits per heavy atom. The molecular formula is C23H30ClN2ORu-3. The third-order valence-electron chi connectivity index (χ3n) is 4.42. The van der Waals surface area contributed by atoms with Crippen LogP contribution in [0.25, 0.3) is 0 Å². The fourth-order valence-electron chi connectivity index (χ4n) is 3.78. The number of anilines is 2. The van der Waals surface area contributed by atoms with Gasteiger partial charge in [0, 0.05) is 11.4 Å². The molecule has 0 spiro atoms. The van der Waals surface area contributed by atoms with E-state index in [1.165, 1.54) is 44.8 Å². The Morgan fingerprint density at radius 2 is 0.964 bits per heavy atom. The van der Waals surface area contributed by atoms with Crippen LogP contribution in [-0.4, -0.2) is 6.79 Å². The van der Waals surface area contributed by atoms with E-state index in [0.29, 0.717) is 0 Å². The molecule has 0 atom stereocenters. The van der Waals surface area contributed by atoms with Gasteiger partial charge >= 0.3 is 27.0 Å². The van der Waals surface area contributed by atoms with Crippen LogP contribution in [0.1, 0.15) is 33.4 Å². The molecule has 1 aliphatic rings. The molecule has 0 bridgehead atoms. The van der Waals surface area contributed by atoms with Crippen molar-refractivity contribution < 1.29 is 22.1 Å². The molecule has 0 saturated heterocycles. The van der Waals surface area contributed by atoms with Gasteiger partial charge in [-0.3, -0.25) is 6.79 Å². The van der Waals surface area contributed by atoms with Gasteiger partial charge in [0.15, 0.2) is 0 Å². The molecule has 0 aliphatic carbocycles. The average Bonchev–Trinajstić information content (AvgIpc) is 3.05. The molecule has 1 heterocycles. The summed E-state index contributed by atoms with van der Waals surface area (Å²) in [5.74, 6) is 0. The molecule has 0 N–H and O–H groups in total. The Hall–Kier alpha value is -1.64. The second-order valence-corrected chi connectivity index (χ2v) is 6.72. The fourth-order valence-corrected chi connectivity index (χ4v) is 3.78. The Kier molecular flexibility index (Phi) is 11.3. The first-order valence-corrected chi connectivity index (χ1v) is 10.9. The molecule has 0 aromatic heterocycles. The number of hydrogen-bond donors (Lipinski definition) is 0. The van der Waals surface area contributed by atoms with E-state index in [0.717, 1.165) is 0 Å². The maximum absolute atomic E-state index is 7.75. The average molecular weight is 487 g/mol. The van der Waals surface area contributed by atoms with Gasteiger partial charge in [-0.25, -0.2) is 0 Å². The second-order valence-electron chi connectivity index (χ2n) is 6.72. The molecule has 0 saturated carbocycles. The summed E-state index contributed by atoms with van der Waals surface area (Å²) in [4.78, 5) is 12.2. The first-order chi connectivity index (χ1) is 12.9. The molecule has 5 heteroatoms. The van der Waals surface area contributed by atoms with E-state index in [1.54, 1.807) is 17.3 Å². The van der Waals surface area contributed by atoms with E-state index in [9.17, 15) is 0 Å². The summed E-state index contributed by atoms with van der Waals surface area (Å²) >= 11 is 1.62. The third-order valence-corrected chi connectivity index (χ3v) is 4.42. The zero-order chi connectivity index (χ0) is 20.7. The van der Waals surface area contributed by atoms with Gasteiger partial charge in [0.25, 0.3) is 0 Å². The Balaban J connectivity index is 0.00000137. The second kappa shape index (κ2) is 12.0. The van der Waals surface area contributed by atoms with Crippen LogP contribution in [0.4, 0.5) is 11.4 Å². The predicted octanol–water partition coefficient (Wildman–Crippen LogP) is 6.05. The molecule has 0 fully saturated rings. The number of carbonyl (C=O) groups excluding carboxylic acids is 1. The van der Waals surface area contributed by atoms with Crippen molar-refractivity contribution in [1.82, 2.24) is 0 Å². The first-order valence-electron chi connectivity index (χ1n) is 8.50. The summed E-state index contributed by atoms with van der Waals surface area (Å²) in [6.45, 7) is 18.5. The van der Waals surface area contributed by atoms with E-state index in [4.69, 9.17) is 4.79 Å². The van der Waals surface area contributed by atoms with Gasteiger partial charge in [0.2, 0.25) is 0 Å². The number of halogens is 1. The fraction of sp³-hybridized carbons (Fsp3) is 0.261. The van der Waals surface area contributed by atoms with Crippen molar-refractivity contribution in [2.45, 2.75) is 41.5 Å². The van der Waals surface area contributed by atoms with Gasteiger partial charge in [-0.1, -0.05) is 35.4 Å². The van der Waals surface area contributed by atoms with Crippen LogP contribution in [-0.2, 0) is 22.1 Å². The standard InChI is InChI=1S/C21H25N2.CHO.CH3.ClH.Ru.H/c1-14-9-16(3)20(17(4)10-14)22-7-8-23(13-22)21-18(5)11-15(2)12-19(21)6;1-2;;;;/h7-13H,1-6H3;1H;1H3;1H;;/q3*-1;;+1;/p-1. The minimum absolute atomic E-state index is 0. The van der Waals surface area contributed by atoms with E-state index in [1.807, 2.05) is 0 Å². The first kappa shape index (κ1) is 26.4. The van der Waals surface area contributed by atoms with Gasteiger partial charge in [0.05, 0.1) is 0 Å². The van der Waals surface area contributed by atoms with Crippen molar-refractivity contribution in [3.05, 3.63) is 84.1 Å². The van der Waals surface area contributed by atoms with Crippen molar-refractivity contribution >= 4 is 27.9 Å². The summed E-state index contributed by atoms with van der Waals surface area (Å²) in [5.41, 5.74) is 10.4. The molecule has 28 heavy (non-hydrogen) atoms. The Morgan fingerprint density at radius 3 is 1.21 bits per heavy atom. The number of benzene rings is 2. The molecule has 1 aliphatic heterocycles. The van der Waals surface area contributed by atoms with Crippen LogP contribution in [0.15, 0.2) is 36.7 Å².